The van der Waals surface area contributed by atoms with Crippen LogP contribution >= 0.6 is 0 Å². The molecule has 4 aromatic carbocycles. The van der Waals surface area contributed by atoms with Gasteiger partial charge in [-0.1, -0.05) is 205 Å². The number of allylic oxidation sites excluding steroid dienone is 8. The number of rotatable bonds is 40. The van der Waals surface area contributed by atoms with Crippen LogP contribution in [-0.4, -0.2) is 47.6 Å². The molecule has 1 aliphatic carbocycles. The summed E-state index contributed by atoms with van der Waals surface area (Å²) in [5, 5.41) is 52.0. The van der Waals surface area contributed by atoms with E-state index in [1.807, 2.05) is 0 Å². The molecule has 4 N–H and O–H groups in total. The van der Waals surface area contributed by atoms with Gasteiger partial charge in [0.15, 0.2) is 46.0 Å². The van der Waals surface area contributed by atoms with Crippen LogP contribution in [0.3, 0.4) is 0 Å². The van der Waals surface area contributed by atoms with Crippen molar-refractivity contribution in [3.63, 3.8) is 0 Å². The predicted octanol–water partition coefficient (Wildman–Crippen LogP) is 22.6. The number of aromatic hydroxyl groups is 4. The molecule has 12 nitrogen and oxygen atoms in total. The Bertz CT molecular complexity index is 2530. The Morgan fingerprint density at radius 2 is 0.413 bits per heavy atom. The highest BCUT2D eigenvalue weighted by atomic mass is 16.7. The maximum atomic E-state index is 13.0. The highest BCUT2D eigenvalue weighted by Crippen LogP contribution is 2.62. The molecule has 92 heavy (non-hydrogen) atoms. The second-order valence-electron chi connectivity index (χ2n) is 26.4. The van der Waals surface area contributed by atoms with Gasteiger partial charge in [0.25, 0.3) is 0 Å². The van der Waals surface area contributed by atoms with E-state index in [-0.39, 0.29) is 96.2 Å². The first-order valence-corrected chi connectivity index (χ1v) is 36.5. The Morgan fingerprint density at radius 1 is 0.250 bits per heavy atom. The highest BCUT2D eigenvalue weighted by molar-refractivity contribution is 5.72. The minimum Gasteiger partial charge on any atom is -0.502 e. The number of hydrogen-bond donors (Lipinski definition) is 4. The van der Waals surface area contributed by atoms with Crippen LogP contribution in [0.2, 0.25) is 0 Å². The van der Waals surface area contributed by atoms with Crippen molar-refractivity contribution in [3.05, 3.63) is 117 Å². The summed E-state index contributed by atoms with van der Waals surface area (Å²) in [4.78, 5) is 0. The fraction of sp³-hybridized carbons (Fsp3) is 0.600. The van der Waals surface area contributed by atoms with Gasteiger partial charge < -0.3 is 58.3 Å². The zero-order valence-electron chi connectivity index (χ0n) is 56.6. The van der Waals surface area contributed by atoms with Crippen molar-refractivity contribution in [1.29, 1.82) is 0 Å². The molecule has 0 radical (unpaired) electrons. The lowest BCUT2D eigenvalue weighted by Gasteiger charge is -2.36. The fourth-order valence-corrected chi connectivity index (χ4v) is 14.9. The van der Waals surface area contributed by atoms with Crippen LogP contribution < -0.4 is 37.9 Å². The summed E-state index contributed by atoms with van der Waals surface area (Å²) >= 11 is 0. The highest BCUT2D eigenvalue weighted by Gasteiger charge is 2.42. The van der Waals surface area contributed by atoms with Crippen molar-refractivity contribution >= 4 is 0 Å². The summed E-state index contributed by atoms with van der Waals surface area (Å²) in [5.41, 5.74) is 6.24. The normalized spacial score (nSPS) is 17.7. The van der Waals surface area contributed by atoms with E-state index in [1.165, 1.54) is 51.4 Å². The van der Waals surface area contributed by atoms with Gasteiger partial charge in [-0.05, 0) is 127 Å². The molecular weight excluding hydrogens is 1150 g/mol. The van der Waals surface area contributed by atoms with E-state index in [2.05, 4.69) is 101 Å². The van der Waals surface area contributed by atoms with Crippen LogP contribution in [0.1, 0.15) is 327 Å². The fourth-order valence-electron chi connectivity index (χ4n) is 14.9. The number of unbranched alkanes of at least 4 members (excludes halogenated alkanes) is 24. The Hall–Kier alpha value is -6.56. The van der Waals surface area contributed by atoms with Gasteiger partial charge >= 0.3 is 0 Å². The minimum absolute atomic E-state index is 0.126. The lowest BCUT2D eigenvalue weighted by Crippen LogP contribution is -2.23. The Morgan fingerprint density at radius 3 is 0.587 bits per heavy atom. The number of ether oxygens (including phenoxy) is 8. The van der Waals surface area contributed by atoms with Gasteiger partial charge in [0.2, 0.25) is 50.2 Å². The molecule has 8 bridgehead atoms. The number of phenolic OH excluding ortho intramolecular Hbond substituents is 4. The molecule has 9 rings (SSSR count). The lowest BCUT2D eigenvalue weighted by atomic mass is 9.75. The number of phenols is 4. The number of benzene rings is 4. The van der Waals surface area contributed by atoms with E-state index in [0.29, 0.717) is 25.7 Å². The predicted molar refractivity (Wildman–Crippen MR) is 370 cm³/mol. The molecular formula is C80H112O12. The van der Waals surface area contributed by atoms with Crippen LogP contribution in [0.5, 0.6) is 69.0 Å². The van der Waals surface area contributed by atoms with Gasteiger partial charge in [-0.2, -0.15) is 0 Å². The van der Waals surface area contributed by atoms with Gasteiger partial charge in [-0.3, -0.25) is 0 Å². The van der Waals surface area contributed by atoms with Crippen molar-refractivity contribution in [2.75, 3.05) is 27.2 Å². The molecule has 0 unspecified atom stereocenters. The molecule has 4 aliphatic heterocycles. The van der Waals surface area contributed by atoms with Gasteiger partial charge in [0, 0.05) is 68.2 Å². The first-order valence-electron chi connectivity index (χ1n) is 36.5. The van der Waals surface area contributed by atoms with Crippen molar-refractivity contribution in [3.8, 4) is 69.0 Å². The molecule has 504 valence electrons. The average molecular weight is 1270 g/mol. The summed E-state index contributed by atoms with van der Waals surface area (Å²) in [6.07, 6.45) is 55.3. The molecule has 0 saturated carbocycles. The second-order valence-corrected chi connectivity index (χ2v) is 26.4. The third-order valence-corrected chi connectivity index (χ3v) is 19.8. The number of hydrogen-bond acceptors (Lipinski definition) is 12. The summed E-state index contributed by atoms with van der Waals surface area (Å²) in [5.74, 6) is -0.0355. The first kappa shape index (κ1) is 69.8. The minimum atomic E-state index is -0.435. The Labute approximate surface area is 551 Å². The van der Waals surface area contributed by atoms with Crippen LogP contribution in [0.4, 0.5) is 0 Å². The average Bonchev–Trinajstić information content (AvgIpc) is 0.733. The van der Waals surface area contributed by atoms with E-state index < -0.39 is 23.7 Å². The molecule has 0 fully saturated rings. The maximum Gasteiger partial charge on any atom is 0.231 e. The summed E-state index contributed by atoms with van der Waals surface area (Å²) in [6.45, 7) is 7.46. The Kier molecular flexibility index (Phi) is 28.3. The zero-order chi connectivity index (χ0) is 64.3. The maximum absolute atomic E-state index is 13.0. The van der Waals surface area contributed by atoms with E-state index >= 15 is 0 Å². The standard InChI is InChI=1S/C80H112O12/c1-5-9-13-17-21-25-29-33-37-41-45-57-61-49-63-58(46-42-38-34-30-26-22-18-14-10-6-2)65-51-67-60(48-44-40-36-32-28-24-20-16-12-8-4)68-52-66-59(47-43-39-35-31-27-23-19-15-11-7-3)64-50-62(57)74-70(82)76(64)88-55-90-78(66)72(84)80(68)92-56-91-79(67)71(83)77(65)89-54-87-75(63)69(81)73(61)85-53-86-74/h9-16,49-52,57-60,81-84H,5-8,17-48,53-56H2,1-4H3/b13-9+,14-10+,15-11+,16-12+. The van der Waals surface area contributed by atoms with E-state index in [0.717, 1.165) is 199 Å². The Balaban J connectivity index is 1.21. The van der Waals surface area contributed by atoms with Crippen molar-refractivity contribution in [2.24, 2.45) is 0 Å². The van der Waals surface area contributed by atoms with Gasteiger partial charge in [0.05, 0.1) is 0 Å². The molecule has 0 atom stereocenters. The monoisotopic (exact) mass is 1260 g/mol. The lowest BCUT2D eigenvalue weighted by molar-refractivity contribution is 0.0865. The molecule has 4 aromatic rings. The third-order valence-electron chi connectivity index (χ3n) is 19.8. The van der Waals surface area contributed by atoms with Crippen molar-refractivity contribution in [2.45, 2.75) is 283 Å². The van der Waals surface area contributed by atoms with E-state index in [1.54, 1.807) is 0 Å². The summed E-state index contributed by atoms with van der Waals surface area (Å²) in [6, 6.07) is 8.80. The SMILES string of the molecule is CC/C=C/CCCCCCCCC1c2cc3c4c(O)c2OCOc2c1cc1c(c2O)OCOc2c(cc5c(c2O)OCOc2c(cc(c(c2O)OCO4)C3CCCCCCCC/C=C/CC)C5CCCCCCCC/C=C/CC)C1CCCCCCCC/C=C/CC. The van der Waals surface area contributed by atoms with Crippen LogP contribution in [0, 0.1) is 0 Å². The van der Waals surface area contributed by atoms with Crippen molar-refractivity contribution in [1.82, 2.24) is 0 Å². The molecule has 0 aromatic heterocycles. The van der Waals surface area contributed by atoms with E-state index in [9.17, 15) is 20.4 Å². The summed E-state index contributed by atoms with van der Waals surface area (Å²) < 4.78 is 52.9. The molecule has 4 heterocycles. The molecule has 12 heteroatoms. The smallest absolute Gasteiger partial charge is 0.231 e. The second kappa shape index (κ2) is 37.4. The quantitative estimate of drug-likeness (QED) is 0.0248. The van der Waals surface area contributed by atoms with Gasteiger partial charge in [0.1, 0.15) is 0 Å². The molecule has 0 saturated heterocycles. The summed E-state index contributed by atoms with van der Waals surface area (Å²) in [7, 11) is 0. The first-order chi connectivity index (χ1) is 45.3. The van der Waals surface area contributed by atoms with Crippen molar-refractivity contribution < 1.29 is 58.3 Å². The zero-order valence-corrected chi connectivity index (χ0v) is 56.6. The molecule has 5 aliphatic rings. The van der Waals surface area contributed by atoms with E-state index in [4.69, 9.17) is 37.9 Å². The molecule has 0 spiro atoms. The van der Waals surface area contributed by atoms with Gasteiger partial charge in [-0.15, -0.1) is 0 Å². The molecule has 0 amide bonds. The van der Waals surface area contributed by atoms with Gasteiger partial charge in [-0.25, -0.2) is 0 Å². The third kappa shape index (κ3) is 18.0. The topological polar surface area (TPSA) is 155 Å². The van der Waals surface area contributed by atoms with Crippen LogP contribution in [0.15, 0.2) is 72.9 Å². The van der Waals surface area contributed by atoms with Crippen LogP contribution in [-0.2, 0) is 0 Å². The van der Waals surface area contributed by atoms with Crippen LogP contribution in [0.25, 0.3) is 0 Å². The largest absolute Gasteiger partial charge is 0.502 e.